The molecule has 1 atom stereocenters. The Hall–Kier alpha value is -2.66. The minimum Gasteiger partial charge on any atom is -0.375 e. The van der Waals surface area contributed by atoms with Crippen LogP contribution in [0.5, 0.6) is 0 Å². The van der Waals surface area contributed by atoms with E-state index >= 15 is 0 Å². The Labute approximate surface area is 160 Å². The second kappa shape index (κ2) is 9.33. The van der Waals surface area contributed by atoms with E-state index in [4.69, 9.17) is 4.74 Å². The van der Waals surface area contributed by atoms with Crippen LogP contribution in [0.25, 0.3) is 11.1 Å². The number of methoxy groups -OCH3 is 1. The number of rotatable bonds is 6. The highest BCUT2D eigenvalue weighted by Gasteiger charge is 2.28. The average Bonchev–Trinajstić information content (AvgIpc) is 2.73. The van der Waals surface area contributed by atoms with Gasteiger partial charge in [-0.25, -0.2) is 0 Å². The van der Waals surface area contributed by atoms with Gasteiger partial charge in [0, 0.05) is 26.7 Å². The Morgan fingerprint density at radius 2 is 1.78 bits per heavy atom. The van der Waals surface area contributed by atoms with Crippen molar-refractivity contribution in [2.45, 2.75) is 19.4 Å². The molecule has 1 fully saturated rings. The summed E-state index contributed by atoms with van der Waals surface area (Å²) < 4.78 is 4.91. The van der Waals surface area contributed by atoms with Gasteiger partial charge < -0.3 is 15.0 Å². The van der Waals surface area contributed by atoms with Crippen molar-refractivity contribution >= 4 is 11.8 Å². The lowest BCUT2D eigenvalue weighted by Crippen LogP contribution is -2.46. The van der Waals surface area contributed by atoms with Crippen LogP contribution in [0.1, 0.15) is 18.4 Å². The first-order chi connectivity index (χ1) is 13.2. The number of amides is 2. The van der Waals surface area contributed by atoms with Crippen molar-refractivity contribution in [2.24, 2.45) is 5.92 Å². The lowest BCUT2D eigenvalue weighted by molar-refractivity contribution is -0.139. The van der Waals surface area contributed by atoms with Crippen LogP contribution in [-0.2, 0) is 20.9 Å². The summed E-state index contributed by atoms with van der Waals surface area (Å²) in [4.78, 5) is 26.2. The fraction of sp³-hybridized carbons (Fsp3) is 0.364. The van der Waals surface area contributed by atoms with E-state index in [2.05, 4.69) is 29.6 Å². The second-order valence-electron chi connectivity index (χ2n) is 6.89. The summed E-state index contributed by atoms with van der Waals surface area (Å²) >= 11 is 0. The van der Waals surface area contributed by atoms with Gasteiger partial charge in [-0.3, -0.25) is 9.59 Å². The molecule has 0 bridgehead atoms. The molecule has 1 aliphatic rings. The van der Waals surface area contributed by atoms with Gasteiger partial charge in [0.15, 0.2) is 0 Å². The van der Waals surface area contributed by atoms with Gasteiger partial charge in [-0.15, -0.1) is 0 Å². The third kappa shape index (κ3) is 5.17. The molecule has 2 aromatic rings. The van der Waals surface area contributed by atoms with Crippen LogP contribution in [0, 0.1) is 5.92 Å². The normalized spacial score (nSPS) is 16.8. The van der Waals surface area contributed by atoms with Crippen LogP contribution < -0.4 is 5.32 Å². The molecule has 2 amide bonds. The zero-order valence-corrected chi connectivity index (χ0v) is 15.7. The van der Waals surface area contributed by atoms with E-state index in [0.29, 0.717) is 19.6 Å². The van der Waals surface area contributed by atoms with E-state index in [-0.39, 0.29) is 24.3 Å². The Bertz CT molecular complexity index is 759. The average molecular weight is 366 g/mol. The van der Waals surface area contributed by atoms with Crippen molar-refractivity contribution in [2.75, 3.05) is 26.8 Å². The summed E-state index contributed by atoms with van der Waals surface area (Å²) in [7, 11) is 1.51. The van der Waals surface area contributed by atoms with E-state index in [9.17, 15) is 9.59 Å². The maximum Gasteiger partial charge on any atom is 0.248 e. The molecule has 0 aromatic heterocycles. The number of carbonyl (C=O) groups is 2. The predicted octanol–water partition coefficient (Wildman–Crippen LogP) is 2.85. The first kappa shape index (κ1) is 19.1. The minimum atomic E-state index is -0.150. The summed E-state index contributed by atoms with van der Waals surface area (Å²) in [6.07, 6.45) is 1.66. The van der Waals surface area contributed by atoms with E-state index in [1.165, 1.54) is 12.7 Å². The zero-order valence-electron chi connectivity index (χ0n) is 15.7. The fourth-order valence-electron chi connectivity index (χ4n) is 3.41. The Kier molecular flexibility index (Phi) is 6.60. The van der Waals surface area contributed by atoms with Crippen LogP contribution in [0.2, 0.25) is 0 Å². The van der Waals surface area contributed by atoms with Gasteiger partial charge >= 0.3 is 0 Å². The Balaban J connectivity index is 1.52. The SMILES string of the molecule is COCC(=O)N1CCC[C@@H](C(=O)NCc2ccc(-c3ccccc3)cc2)C1. The Morgan fingerprint density at radius 1 is 1.07 bits per heavy atom. The van der Waals surface area contributed by atoms with Gasteiger partial charge in [0.25, 0.3) is 0 Å². The van der Waals surface area contributed by atoms with E-state index < -0.39 is 0 Å². The van der Waals surface area contributed by atoms with Crippen molar-refractivity contribution in [1.29, 1.82) is 0 Å². The standard InChI is InChI=1S/C22H26N2O3/c1-27-16-21(25)24-13-5-8-20(15-24)22(26)23-14-17-9-11-19(12-10-17)18-6-3-2-4-7-18/h2-4,6-7,9-12,20H,5,8,13-16H2,1H3,(H,23,26)/t20-/m1/s1. The van der Waals surface area contributed by atoms with E-state index in [1.54, 1.807) is 4.90 Å². The summed E-state index contributed by atoms with van der Waals surface area (Å²) in [5.74, 6) is -0.188. The molecule has 0 spiro atoms. The van der Waals surface area contributed by atoms with Crippen molar-refractivity contribution < 1.29 is 14.3 Å². The number of ether oxygens (including phenoxy) is 1. The number of nitrogens with one attached hydrogen (secondary N) is 1. The molecule has 142 valence electrons. The quantitative estimate of drug-likeness (QED) is 0.855. The van der Waals surface area contributed by atoms with Crippen molar-refractivity contribution in [3.05, 3.63) is 60.2 Å². The molecule has 1 aliphatic heterocycles. The number of nitrogens with zero attached hydrogens (tertiary/aromatic N) is 1. The third-order valence-electron chi connectivity index (χ3n) is 4.94. The molecule has 0 saturated carbocycles. The van der Waals surface area contributed by atoms with Crippen LogP contribution in [0.4, 0.5) is 0 Å². The topological polar surface area (TPSA) is 58.6 Å². The molecule has 1 heterocycles. The molecule has 1 N–H and O–H groups in total. The third-order valence-corrected chi connectivity index (χ3v) is 4.94. The smallest absolute Gasteiger partial charge is 0.248 e. The van der Waals surface area contributed by atoms with Crippen LogP contribution in [0.15, 0.2) is 54.6 Å². The van der Waals surface area contributed by atoms with Gasteiger partial charge in [-0.05, 0) is 29.5 Å². The van der Waals surface area contributed by atoms with E-state index in [0.717, 1.165) is 24.0 Å². The first-order valence-corrected chi connectivity index (χ1v) is 9.36. The van der Waals surface area contributed by atoms with Crippen molar-refractivity contribution in [1.82, 2.24) is 10.2 Å². The lowest BCUT2D eigenvalue weighted by Gasteiger charge is -2.32. The lowest BCUT2D eigenvalue weighted by atomic mass is 9.97. The maximum absolute atomic E-state index is 12.5. The fourth-order valence-corrected chi connectivity index (χ4v) is 3.41. The molecule has 5 heteroatoms. The highest BCUT2D eigenvalue weighted by Crippen LogP contribution is 2.20. The molecule has 27 heavy (non-hydrogen) atoms. The zero-order chi connectivity index (χ0) is 19.1. The van der Waals surface area contributed by atoms with E-state index in [1.807, 2.05) is 30.3 Å². The summed E-state index contributed by atoms with van der Waals surface area (Å²) in [5, 5.41) is 3.01. The second-order valence-corrected chi connectivity index (χ2v) is 6.89. The number of piperidine rings is 1. The van der Waals surface area contributed by atoms with Crippen LogP contribution in [0.3, 0.4) is 0 Å². The maximum atomic E-state index is 12.5. The highest BCUT2D eigenvalue weighted by molar-refractivity contribution is 5.81. The number of hydrogen-bond donors (Lipinski definition) is 1. The molecule has 2 aromatic carbocycles. The summed E-state index contributed by atoms with van der Waals surface area (Å²) in [6.45, 7) is 1.74. The first-order valence-electron chi connectivity index (χ1n) is 9.36. The minimum absolute atomic E-state index is 0.0112. The molecular weight excluding hydrogens is 340 g/mol. The molecule has 0 radical (unpaired) electrons. The summed E-state index contributed by atoms with van der Waals surface area (Å²) in [6, 6.07) is 18.4. The number of hydrogen-bond acceptors (Lipinski definition) is 3. The number of carbonyl (C=O) groups excluding carboxylic acids is 2. The highest BCUT2D eigenvalue weighted by atomic mass is 16.5. The van der Waals surface area contributed by atoms with Crippen molar-refractivity contribution in [3.8, 4) is 11.1 Å². The number of benzene rings is 2. The largest absolute Gasteiger partial charge is 0.375 e. The molecule has 0 unspecified atom stereocenters. The van der Waals surface area contributed by atoms with Gasteiger partial charge in [0.1, 0.15) is 6.61 Å². The molecular formula is C22H26N2O3. The molecule has 1 saturated heterocycles. The van der Waals surface area contributed by atoms with Gasteiger partial charge in [-0.1, -0.05) is 54.6 Å². The van der Waals surface area contributed by atoms with Gasteiger partial charge in [0.05, 0.1) is 5.92 Å². The molecule has 0 aliphatic carbocycles. The summed E-state index contributed by atoms with van der Waals surface area (Å²) in [5.41, 5.74) is 3.40. The van der Waals surface area contributed by atoms with Gasteiger partial charge in [0.2, 0.25) is 11.8 Å². The van der Waals surface area contributed by atoms with Gasteiger partial charge in [-0.2, -0.15) is 0 Å². The Morgan fingerprint density at radius 3 is 2.48 bits per heavy atom. The monoisotopic (exact) mass is 366 g/mol. The van der Waals surface area contributed by atoms with Crippen molar-refractivity contribution in [3.63, 3.8) is 0 Å². The van der Waals surface area contributed by atoms with Crippen LogP contribution >= 0.6 is 0 Å². The molecule has 5 nitrogen and oxygen atoms in total. The number of likely N-dealkylation sites (tertiary alicyclic amines) is 1. The van der Waals surface area contributed by atoms with Crippen LogP contribution in [-0.4, -0.2) is 43.5 Å². The predicted molar refractivity (Wildman–Crippen MR) is 105 cm³/mol. The molecule has 3 rings (SSSR count).